The van der Waals surface area contributed by atoms with Crippen LogP contribution in [0.5, 0.6) is 0 Å². The first kappa shape index (κ1) is 18.5. The zero-order chi connectivity index (χ0) is 19.0. The third-order valence-electron chi connectivity index (χ3n) is 3.90. The Morgan fingerprint density at radius 1 is 1.54 bits per heavy atom. The molecule has 1 fully saturated rings. The van der Waals surface area contributed by atoms with E-state index >= 15 is 0 Å². The number of aromatic nitrogens is 4. The molecule has 0 radical (unpaired) electrons. The lowest BCUT2D eigenvalue weighted by Crippen LogP contribution is -2.28. The smallest absolute Gasteiger partial charge is 0.280 e. The fraction of sp³-hybridized carbons (Fsp3) is 0.467. The lowest BCUT2D eigenvalue weighted by Gasteiger charge is -2.17. The normalized spacial score (nSPS) is 25.8. The van der Waals surface area contributed by atoms with E-state index in [1.54, 1.807) is 19.0 Å². The Bertz CT molecular complexity index is 946. The van der Waals surface area contributed by atoms with E-state index in [1.807, 2.05) is 0 Å². The second-order valence-electron chi connectivity index (χ2n) is 5.95. The fourth-order valence-corrected chi connectivity index (χ4v) is 3.25. The number of rotatable bonds is 4. The van der Waals surface area contributed by atoms with Gasteiger partial charge in [-0.15, -0.1) is 6.42 Å². The van der Waals surface area contributed by atoms with Gasteiger partial charge in [0.2, 0.25) is 5.95 Å². The molecule has 0 aromatic carbocycles. The molecule has 0 unspecified atom stereocenters. The van der Waals surface area contributed by atoms with Crippen molar-refractivity contribution in [3.8, 4) is 12.3 Å². The van der Waals surface area contributed by atoms with Gasteiger partial charge in [0.05, 0.1) is 18.9 Å². The van der Waals surface area contributed by atoms with Gasteiger partial charge in [-0.25, -0.2) is 9.98 Å². The third kappa shape index (κ3) is 3.12. The zero-order valence-corrected chi connectivity index (χ0v) is 15.6. The minimum Gasteiger partial charge on any atom is -0.394 e. The number of aliphatic hydroxyl groups excluding tert-OH is 2. The second-order valence-corrected chi connectivity index (χ2v) is 6.66. The van der Waals surface area contributed by atoms with Crippen LogP contribution in [-0.2, 0) is 4.74 Å². The Labute approximate surface area is 156 Å². The second kappa shape index (κ2) is 7.16. The van der Waals surface area contributed by atoms with Crippen LogP contribution in [0.15, 0.2) is 14.5 Å². The summed E-state index contributed by atoms with van der Waals surface area (Å²) in [4.78, 5) is 29.1. The van der Waals surface area contributed by atoms with Gasteiger partial charge >= 0.3 is 0 Å². The number of fused-ring (bicyclic) bond motifs is 1. The summed E-state index contributed by atoms with van der Waals surface area (Å²) < 4.78 is 7.42. The molecule has 0 bridgehead atoms. The van der Waals surface area contributed by atoms with Gasteiger partial charge in [-0.3, -0.25) is 14.3 Å². The first-order valence-corrected chi connectivity index (χ1v) is 8.45. The molecule has 11 heteroatoms. The van der Waals surface area contributed by atoms with Crippen LogP contribution in [0.25, 0.3) is 11.2 Å². The van der Waals surface area contributed by atoms with Gasteiger partial charge in [0.25, 0.3) is 5.56 Å². The molecule has 2 aromatic heterocycles. The van der Waals surface area contributed by atoms with Crippen molar-refractivity contribution in [2.45, 2.75) is 18.4 Å². The number of ether oxygens (including phenoxy) is 1. The standard InChI is InChI=1S/C15H17BrN6O4/c1-4-7-10(24)8(5-23)26-13(7)22-11-9(18-14(22)16)12(25)20-15(19-11)17-6-21(2)3/h1,6-8,10,13,23-24H,5H2,2-3H3,(H,19,20,25)/b17-6+/t7-,8+,10-,13+/m0/s1. The van der Waals surface area contributed by atoms with Crippen LogP contribution in [0, 0.1) is 18.3 Å². The highest BCUT2D eigenvalue weighted by Gasteiger charge is 2.45. The van der Waals surface area contributed by atoms with Crippen molar-refractivity contribution >= 4 is 39.4 Å². The number of aliphatic imine (C=N–C) groups is 1. The highest BCUT2D eigenvalue weighted by Crippen LogP contribution is 2.37. The average Bonchev–Trinajstić information content (AvgIpc) is 3.09. The largest absolute Gasteiger partial charge is 0.394 e. The summed E-state index contributed by atoms with van der Waals surface area (Å²) in [6, 6.07) is 0. The number of hydrogen-bond acceptors (Lipinski definition) is 7. The van der Waals surface area contributed by atoms with Gasteiger partial charge in [-0.05, 0) is 15.9 Å². The molecule has 2 aromatic rings. The molecule has 3 heterocycles. The van der Waals surface area contributed by atoms with Crippen LogP contribution in [0.1, 0.15) is 6.23 Å². The van der Waals surface area contributed by atoms with Crippen molar-refractivity contribution < 1.29 is 14.9 Å². The van der Waals surface area contributed by atoms with Crippen molar-refractivity contribution in [3.05, 3.63) is 15.1 Å². The molecule has 3 rings (SSSR count). The van der Waals surface area contributed by atoms with Crippen LogP contribution in [0.2, 0.25) is 0 Å². The molecule has 1 aliphatic rings. The van der Waals surface area contributed by atoms with Crippen LogP contribution < -0.4 is 5.56 Å². The molecular formula is C15H17BrN6O4. The predicted molar refractivity (Wildman–Crippen MR) is 97.0 cm³/mol. The Morgan fingerprint density at radius 2 is 2.27 bits per heavy atom. The van der Waals surface area contributed by atoms with E-state index in [9.17, 15) is 15.0 Å². The molecule has 0 saturated carbocycles. The van der Waals surface area contributed by atoms with Crippen molar-refractivity contribution in [3.63, 3.8) is 0 Å². The Balaban J connectivity index is 2.15. The van der Waals surface area contributed by atoms with Crippen LogP contribution in [0.4, 0.5) is 5.95 Å². The fourth-order valence-electron chi connectivity index (χ4n) is 2.70. The monoisotopic (exact) mass is 424 g/mol. The van der Waals surface area contributed by atoms with Crippen molar-refractivity contribution in [1.82, 2.24) is 24.4 Å². The van der Waals surface area contributed by atoms with Crippen LogP contribution in [-0.4, -0.2) is 73.9 Å². The molecule has 1 saturated heterocycles. The quantitative estimate of drug-likeness (QED) is 0.263. The molecule has 0 aliphatic carbocycles. The number of nitrogens with zero attached hydrogens (tertiary/aromatic N) is 5. The van der Waals surface area contributed by atoms with Gasteiger partial charge in [0.15, 0.2) is 22.1 Å². The number of halogens is 1. The Kier molecular flexibility index (Phi) is 5.10. The molecule has 4 atom stereocenters. The first-order valence-electron chi connectivity index (χ1n) is 7.66. The number of H-pyrrole nitrogens is 1. The van der Waals surface area contributed by atoms with E-state index in [0.717, 1.165) is 0 Å². The summed E-state index contributed by atoms with van der Waals surface area (Å²) in [5, 5.41) is 19.6. The van der Waals surface area contributed by atoms with E-state index in [-0.39, 0.29) is 21.8 Å². The van der Waals surface area contributed by atoms with Gasteiger partial charge in [0.1, 0.15) is 12.2 Å². The molecule has 0 spiro atoms. The number of aromatic amines is 1. The summed E-state index contributed by atoms with van der Waals surface area (Å²) in [7, 11) is 3.56. The van der Waals surface area contributed by atoms with Crippen molar-refractivity contribution in [2.24, 2.45) is 10.9 Å². The van der Waals surface area contributed by atoms with E-state index in [4.69, 9.17) is 11.2 Å². The number of terminal acetylenes is 1. The summed E-state index contributed by atoms with van der Waals surface area (Å²) >= 11 is 3.28. The number of imidazole rings is 1. The number of aliphatic hydroxyl groups is 2. The van der Waals surface area contributed by atoms with Crippen molar-refractivity contribution in [2.75, 3.05) is 20.7 Å². The molecule has 0 amide bonds. The Morgan fingerprint density at radius 3 is 2.88 bits per heavy atom. The maximum Gasteiger partial charge on any atom is 0.280 e. The van der Waals surface area contributed by atoms with Gasteiger partial charge < -0.3 is 19.8 Å². The molecule has 3 N–H and O–H groups in total. The van der Waals surface area contributed by atoms with E-state index in [1.165, 1.54) is 10.9 Å². The topological polar surface area (TPSA) is 129 Å². The lowest BCUT2D eigenvalue weighted by molar-refractivity contribution is -0.0448. The maximum atomic E-state index is 12.3. The Hall–Kier alpha value is -2.26. The first-order chi connectivity index (χ1) is 12.4. The summed E-state index contributed by atoms with van der Waals surface area (Å²) in [5.74, 6) is 1.80. The SMILES string of the molecule is C#C[C@H]1[C@H](O)[C@@H](CO)O[C@H]1n1c(Br)nc2c(=O)[nH]c(/N=C/N(C)C)nc21. The molecule has 1 aliphatic heterocycles. The van der Waals surface area contributed by atoms with E-state index < -0.39 is 36.5 Å². The number of hydrogen-bond donors (Lipinski definition) is 3. The van der Waals surface area contributed by atoms with Gasteiger partial charge in [0, 0.05) is 14.1 Å². The third-order valence-corrected chi connectivity index (χ3v) is 4.46. The number of nitrogens with one attached hydrogen (secondary N) is 1. The highest BCUT2D eigenvalue weighted by atomic mass is 79.9. The predicted octanol–water partition coefficient (Wildman–Crippen LogP) is -0.397. The molecule has 138 valence electrons. The molecule has 26 heavy (non-hydrogen) atoms. The lowest BCUT2D eigenvalue weighted by atomic mass is 10.0. The van der Waals surface area contributed by atoms with Crippen LogP contribution in [0.3, 0.4) is 0 Å². The summed E-state index contributed by atoms with van der Waals surface area (Å²) in [5.41, 5.74) is -0.209. The van der Waals surface area contributed by atoms with Gasteiger partial charge in [-0.1, -0.05) is 5.92 Å². The molecular weight excluding hydrogens is 408 g/mol. The van der Waals surface area contributed by atoms with Gasteiger partial charge in [-0.2, -0.15) is 4.98 Å². The maximum absolute atomic E-state index is 12.3. The minimum atomic E-state index is -1.06. The highest BCUT2D eigenvalue weighted by molar-refractivity contribution is 9.10. The summed E-state index contributed by atoms with van der Waals surface area (Å²) in [6.07, 6.45) is 4.26. The van der Waals surface area contributed by atoms with Crippen molar-refractivity contribution in [1.29, 1.82) is 0 Å². The minimum absolute atomic E-state index is 0.0713. The van der Waals surface area contributed by atoms with Crippen LogP contribution >= 0.6 is 15.9 Å². The van der Waals surface area contributed by atoms with E-state index in [2.05, 4.69) is 41.8 Å². The zero-order valence-electron chi connectivity index (χ0n) is 14.0. The average molecular weight is 425 g/mol. The molecule has 10 nitrogen and oxygen atoms in total. The van der Waals surface area contributed by atoms with E-state index in [0.29, 0.717) is 0 Å². The summed E-state index contributed by atoms with van der Waals surface area (Å²) in [6.45, 7) is -0.396.